The summed E-state index contributed by atoms with van der Waals surface area (Å²) >= 11 is 0. The Morgan fingerprint density at radius 3 is 2.91 bits per heavy atom. The molecule has 0 bridgehead atoms. The van der Waals surface area contributed by atoms with E-state index in [9.17, 15) is 4.21 Å². The first-order valence-corrected chi connectivity index (χ1v) is 4.52. The zero-order valence-electron chi connectivity index (χ0n) is 5.78. The Morgan fingerprint density at radius 1 is 1.27 bits per heavy atom. The molecule has 56 valence electrons. The summed E-state index contributed by atoms with van der Waals surface area (Å²) in [7, 11) is -0.958. The van der Waals surface area contributed by atoms with Crippen molar-refractivity contribution in [3.05, 3.63) is 35.9 Å². The first kappa shape index (κ1) is 6.61. The van der Waals surface area contributed by atoms with E-state index < -0.39 is 10.8 Å². The molecule has 1 heterocycles. The SMILES string of the molecule is O=S1C=CNc2ccccc21. The molecule has 1 aliphatic rings. The predicted molar refractivity (Wildman–Crippen MR) is 45.6 cm³/mol. The number of rotatable bonds is 0. The summed E-state index contributed by atoms with van der Waals surface area (Å²) in [5.74, 6) is 0. The van der Waals surface area contributed by atoms with Crippen LogP contribution in [0.4, 0.5) is 5.69 Å². The minimum absolute atomic E-state index is 0.856. The van der Waals surface area contributed by atoms with Crippen LogP contribution in [0.3, 0.4) is 0 Å². The van der Waals surface area contributed by atoms with Crippen LogP contribution in [0.1, 0.15) is 0 Å². The van der Waals surface area contributed by atoms with Crippen LogP contribution in [0.2, 0.25) is 0 Å². The fourth-order valence-electron chi connectivity index (χ4n) is 1.02. The van der Waals surface area contributed by atoms with Crippen LogP contribution >= 0.6 is 0 Å². The highest BCUT2D eigenvalue weighted by atomic mass is 32.2. The van der Waals surface area contributed by atoms with Crippen molar-refractivity contribution >= 4 is 16.5 Å². The van der Waals surface area contributed by atoms with Gasteiger partial charge in [-0.3, -0.25) is 0 Å². The van der Waals surface area contributed by atoms with Gasteiger partial charge in [0.05, 0.1) is 21.4 Å². The van der Waals surface area contributed by atoms with Gasteiger partial charge in [0.1, 0.15) is 0 Å². The normalized spacial score (nSPS) is 20.5. The van der Waals surface area contributed by atoms with E-state index in [0.29, 0.717) is 0 Å². The Labute approximate surface area is 67.4 Å². The minimum atomic E-state index is -0.958. The van der Waals surface area contributed by atoms with Crippen molar-refractivity contribution in [2.24, 2.45) is 0 Å². The summed E-state index contributed by atoms with van der Waals surface area (Å²) in [5, 5.41) is 4.66. The van der Waals surface area contributed by atoms with Gasteiger partial charge >= 0.3 is 0 Å². The second kappa shape index (κ2) is 2.51. The van der Waals surface area contributed by atoms with Crippen molar-refractivity contribution in [2.45, 2.75) is 4.90 Å². The second-order valence-electron chi connectivity index (χ2n) is 2.24. The molecule has 1 unspecified atom stereocenters. The average molecular weight is 165 g/mol. The summed E-state index contributed by atoms with van der Waals surface area (Å²) in [6.45, 7) is 0. The molecule has 0 radical (unpaired) electrons. The number of hydrogen-bond acceptors (Lipinski definition) is 2. The molecule has 1 N–H and O–H groups in total. The maximum atomic E-state index is 11.3. The molecule has 0 saturated heterocycles. The fourth-order valence-corrected chi connectivity index (χ4v) is 1.91. The number of benzene rings is 1. The van der Waals surface area contributed by atoms with E-state index in [1.165, 1.54) is 0 Å². The number of anilines is 1. The topological polar surface area (TPSA) is 29.1 Å². The molecule has 0 spiro atoms. The molecule has 2 nitrogen and oxygen atoms in total. The van der Waals surface area contributed by atoms with E-state index in [1.54, 1.807) is 11.6 Å². The first-order valence-electron chi connectivity index (χ1n) is 3.31. The van der Waals surface area contributed by atoms with Crippen LogP contribution < -0.4 is 5.32 Å². The molecular formula is C8H7NOS. The van der Waals surface area contributed by atoms with Gasteiger partial charge in [-0.05, 0) is 12.1 Å². The standard InChI is InChI=1S/C8H7NOS/c10-11-6-5-9-7-3-1-2-4-8(7)11/h1-6,9H. The van der Waals surface area contributed by atoms with Crippen molar-refractivity contribution in [1.82, 2.24) is 0 Å². The molecule has 0 aromatic heterocycles. The van der Waals surface area contributed by atoms with Crippen LogP contribution in [-0.2, 0) is 10.8 Å². The van der Waals surface area contributed by atoms with E-state index in [2.05, 4.69) is 5.32 Å². The van der Waals surface area contributed by atoms with Crippen molar-refractivity contribution < 1.29 is 4.21 Å². The molecule has 0 saturated carbocycles. The van der Waals surface area contributed by atoms with Gasteiger partial charge in [-0.15, -0.1) is 0 Å². The van der Waals surface area contributed by atoms with Crippen LogP contribution in [-0.4, -0.2) is 4.21 Å². The van der Waals surface area contributed by atoms with Crippen LogP contribution in [0.5, 0.6) is 0 Å². The van der Waals surface area contributed by atoms with Crippen LogP contribution in [0, 0.1) is 0 Å². The second-order valence-corrected chi connectivity index (χ2v) is 3.55. The summed E-state index contributed by atoms with van der Waals surface area (Å²) in [6.07, 6.45) is 1.71. The molecule has 0 aliphatic carbocycles. The predicted octanol–water partition coefficient (Wildman–Crippen LogP) is 1.69. The van der Waals surface area contributed by atoms with Gasteiger partial charge < -0.3 is 5.32 Å². The monoisotopic (exact) mass is 165 g/mol. The third-order valence-corrected chi connectivity index (χ3v) is 2.71. The first-order chi connectivity index (χ1) is 5.38. The van der Waals surface area contributed by atoms with E-state index in [0.717, 1.165) is 10.6 Å². The Kier molecular flexibility index (Phi) is 1.51. The lowest BCUT2D eigenvalue weighted by Crippen LogP contribution is -2.00. The third-order valence-electron chi connectivity index (χ3n) is 1.53. The molecule has 1 aromatic carbocycles. The summed E-state index contributed by atoms with van der Waals surface area (Å²) in [5.41, 5.74) is 0.938. The lowest BCUT2D eigenvalue weighted by molar-refractivity contribution is 0.688. The smallest absolute Gasteiger partial charge is 0.0811 e. The third kappa shape index (κ3) is 1.07. The van der Waals surface area contributed by atoms with E-state index in [-0.39, 0.29) is 0 Å². The maximum Gasteiger partial charge on any atom is 0.0811 e. The Hall–Kier alpha value is -1.09. The zero-order valence-corrected chi connectivity index (χ0v) is 6.60. The van der Waals surface area contributed by atoms with Crippen molar-refractivity contribution in [1.29, 1.82) is 0 Å². The number of fused-ring (bicyclic) bond motifs is 1. The van der Waals surface area contributed by atoms with Crippen LogP contribution in [0.15, 0.2) is 40.8 Å². The Morgan fingerprint density at radius 2 is 2.09 bits per heavy atom. The van der Waals surface area contributed by atoms with E-state index in [1.807, 2.05) is 24.3 Å². The van der Waals surface area contributed by atoms with Crippen molar-refractivity contribution in [3.63, 3.8) is 0 Å². The Bertz CT molecular complexity index is 333. The van der Waals surface area contributed by atoms with Gasteiger partial charge in [0.2, 0.25) is 0 Å². The molecule has 1 aliphatic heterocycles. The van der Waals surface area contributed by atoms with Gasteiger partial charge in [0, 0.05) is 11.6 Å². The molecule has 0 fully saturated rings. The van der Waals surface area contributed by atoms with Crippen molar-refractivity contribution in [3.8, 4) is 0 Å². The quantitative estimate of drug-likeness (QED) is 0.633. The molecule has 2 rings (SSSR count). The zero-order chi connectivity index (χ0) is 7.68. The molecule has 3 heteroatoms. The van der Waals surface area contributed by atoms with Gasteiger partial charge in [0.25, 0.3) is 0 Å². The highest BCUT2D eigenvalue weighted by molar-refractivity contribution is 7.88. The maximum absolute atomic E-state index is 11.3. The fraction of sp³-hybridized carbons (Fsp3) is 0. The highest BCUT2D eigenvalue weighted by Gasteiger charge is 2.08. The lowest BCUT2D eigenvalue weighted by atomic mass is 10.3. The molecular weight excluding hydrogens is 158 g/mol. The van der Waals surface area contributed by atoms with Crippen LogP contribution in [0.25, 0.3) is 0 Å². The largest absolute Gasteiger partial charge is 0.360 e. The van der Waals surface area contributed by atoms with Gasteiger partial charge in [0.15, 0.2) is 0 Å². The number of para-hydroxylation sites is 1. The molecule has 1 aromatic rings. The molecule has 0 amide bonds. The van der Waals surface area contributed by atoms with Gasteiger partial charge in [-0.1, -0.05) is 12.1 Å². The number of hydrogen-bond donors (Lipinski definition) is 1. The van der Waals surface area contributed by atoms with E-state index in [4.69, 9.17) is 0 Å². The summed E-state index contributed by atoms with van der Waals surface area (Å²) < 4.78 is 11.3. The van der Waals surface area contributed by atoms with Crippen molar-refractivity contribution in [2.75, 3.05) is 5.32 Å². The van der Waals surface area contributed by atoms with Gasteiger partial charge in [-0.2, -0.15) is 0 Å². The summed E-state index contributed by atoms with van der Waals surface area (Å²) in [6, 6.07) is 7.58. The van der Waals surface area contributed by atoms with Gasteiger partial charge in [-0.25, -0.2) is 4.21 Å². The van der Waals surface area contributed by atoms with E-state index >= 15 is 0 Å². The summed E-state index contributed by atoms with van der Waals surface area (Å²) in [4.78, 5) is 0.856. The number of nitrogens with one attached hydrogen (secondary N) is 1. The molecule has 1 atom stereocenters. The lowest BCUT2D eigenvalue weighted by Gasteiger charge is -2.10. The minimum Gasteiger partial charge on any atom is -0.360 e. The highest BCUT2D eigenvalue weighted by Crippen LogP contribution is 2.22. The average Bonchev–Trinajstić information content (AvgIpc) is 2.06. The molecule has 11 heavy (non-hydrogen) atoms. The Balaban J connectivity index is 2.59.